The molecule has 0 radical (unpaired) electrons. The molecule has 0 aromatic carbocycles. The average molecular weight is 305 g/mol. The van der Waals surface area contributed by atoms with E-state index in [4.69, 9.17) is 0 Å². The van der Waals surface area contributed by atoms with Gasteiger partial charge in [0.25, 0.3) is 0 Å². The van der Waals surface area contributed by atoms with Crippen LogP contribution >= 0.6 is 0 Å². The van der Waals surface area contributed by atoms with Crippen LogP contribution in [0.5, 0.6) is 0 Å². The zero-order valence-electron chi connectivity index (χ0n) is 12.5. The lowest BCUT2D eigenvalue weighted by atomic mass is 10.3. The first-order chi connectivity index (χ1) is 9.39. The van der Waals surface area contributed by atoms with E-state index in [0.717, 1.165) is 32.7 Å². The van der Waals surface area contributed by atoms with Crippen LogP contribution in [0.2, 0.25) is 0 Å². The highest BCUT2D eigenvalue weighted by molar-refractivity contribution is 7.91. The summed E-state index contributed by atoms with van der Waals surface area (Å²) >= 11 is 0. The maximum Gasteiger partial charge on any atom is 0.221 e. The molecular weight excluding hydrogens is 278 g/mol. The van der Waals surface area contributed by atoms with E-state index >= 15 is 0 Å². The molecule has 1 fully saturated rings. The van der Waals surface area contributed by atoms with Gasteiger partial charge in [-0.15, -0.1) is 0 Å². The van der Waals surface area contributed by atoms with Crippen molar-refractivity contribution in [1.29, 1.82) is 0 Å². The molecule has 2 N–H and O–H groups in total. The molecule has 0 bridgehead atoms. The van der Waals surface area contributed by atoms with Gasteiger partial charge in [0.2, 0.25) is 5.91 Å². The highest BCUT2D eigenvalue weighted by Crippen LogP contribution is 2.02. The maximum absolute atomic E-state index is 11.7. The number of hydrogen-bond donors (Lipinski definition) is 2. The molecule has 0 aromatic heterocycles. The van der Waals surface area contributed by atoms with Crippen molar-refractivity contribution in [3.63, 3.8) is 0 Å². The van der Waals surface area contributed by atoms with Crippen molar-refractivity contribution in [3.8, 4) is 0 Å². The van der Waals surface area contributed by atoms with E-state index in [1.807, 2.05) is 13.8 Å². The maximum atomic E-state index is 11.7. The molecule has 1 amide bonds. The smallest absolute Gasteiger partial charge is 0.221 e. The molecular formula is C13H27N3O3S. The molecule has 1 aliphatic rings. The molecule has 0 spiro atoms. The summed E-state index contributed by atoms with van der Waals surface area (Å²) in [5.74, 6) is 0.0364. The van der Waals surface area contributed by atoms with Gasteiger partial charge in [-0.3, -0.25) is 9.69 Å². The molecule has 6 nitrogen and oxygen atoms in total. The summed E-state index contributed by atoms with van der Waals surface area (Å²) in [4.78, 5) is 13.9. The summed E-state index contributed by atoms with van der Waals surface area (Å²) in [7, 11) is -3.10. The molecule has 0 aromatic rings. The van der Waals surface area contributed by atoms with Gasteiger partial charge in [-0.25, -0.2) is 8.42 Å². The summed E-state index contributed by atoms with van der Waals surface area (Å²) in [6, 6.07) is 0. The quantitative estimate of drug-likeness (QED) is 0.630. The van der Waals surface area contributed by atoms with Crippen molar-refractivity contribution in [2.24, 2.45) is 5.92 Å². The molecule has 1 heterocycles. The minimum Gasteiger partial charge on any atom is -0.355 e. The van der Waals surface area contributed by atoms with Gasteiger partial charge in [-0.1, -0.05) is 13.8 Å². The predicted octanol–water partition coefficient (Wildman–Crippen LogP) is -0.531. The minimum atomic E-state index is -3.10. The summed E-state index contributed by atoms with van der Waals surface area (Å²) in [5.41, 5.74) is 0. The Hall–Kier alpha value is -0.660. The molecule has 0 atom stereocenters. The van der Waals surface area contributed by atoms with Gasteiger partial charge >= 0.3 is 0 Å². The lowest BCUT2D eigenvalue weighted by Crippen LogP contribution is -2.46. The fourth-order valence-electron chi connectivity index (χ4n) is 2.22. The Balaban J connectivity index is 2.13. The second kappa shape index (κ2) is 8.59. The third-order valence-electron chi connectivity index (χ3n) is 3.19. The van der Waals surface area contributed by atoms with E-state index in [0.29, 0.717) is 6.54 Å². The lowest BCUT2D eigenvalue weighted by Gasteiger charge is -2.27. The highest BCUT2D eigenvalue weighted by Gasteiger charge is 2.15. The van der Waals surface area contributed by atoms with Crippen molar-refractivity contribution in [2.75, 3.05) is 50.8 Å². The topological polar surface area (TPSA) is 78.5 Å². The second-order valence-electron chi connectivity index (χ2n) is 5.70. The number of carbonyl (C=O) groups excluding carboxylic acids is 1. The Morgan fingerprint density at radius 1 is 1.30 bits per heavy atom. The predicted molar refractivity (Wildman–Crippen MR) is 80.4 cm³/mol. The number of nitrogens with zero attached hydrogens (tertiary/aromatic N) is 1. The fourth-order valence-corrected chi connectivity index (χ4v) is 3.89. The summed E-state index contributed by atoms with van der Waals surface area (Å²) < 4.78 is 23.3. The third-order valence-corrected chi connectivity index (χ3v) is 5.19. The van der Waals surface area contributed by atoms with Crippen molar-refractivity contribution in [1.82, 2.24) is 15.5 Å². The Kier molecular flexibility index (Phi) is 7.47. The highest BCUT2D eigenvalue weighted by atomic mass is 32.2. The van der Waals surface area contributed by atoms with E-state index in [1.54, 1.807) is 0 Å². The van der Waals surface area contributed by atoms with Crippen LogP contribution in [0.1, 0.15) is 20.3 Å². The molecule has 1 aliphatic heterocycles. The van der Waals surface area contributed by atoms with E-state index in [2.05, 4.69) is 15.5 Å². The molecule has 0 unspecified atom stereocenters. The van der Waals surface area contributed by atoms with E-state index in [-0.39, 0.29) is 29.8 Å². The summed E-state index contributed by atoms with van der Waals surface area (Å²) in [5, 5.41) is 6.06. The first-order valence-electron chi connectivity index (χ1n) is 7.29. The van der Waals surface area contributed by atoms with Gasteiger partial charge in [0.15, 0.2) is 9.84 Å². The number of rotatable bonds is 8. The Morgan fingerprint density at radius 3 is 2.55 bits per heavy atom. The van der Waals surface area contributed by atoms with Gasteiger partial charge in [0.1, 0.15) is 0 Å². The number of nitrogens with one attached hydrogen (secondary N) is 2. The standard InChI is InChI=1S/C13H27N3O3S/c1-12(2)11-20(18,19)10-3-13(17)15-6-9-16-7-4-14-5-8-16/h12,14H,3-11H2,1-2H3,(H,15,17). The molecule has 1 saturated heterocycles. The Labute approximate surface area is 122 Å². The van der Waals surface area contributed by atoms with E-state index in [1.165, 1.54) is 0 Å². The summed E-state index contributed by atoms with van der Waals surface area (Å²) in [6.45, 7) is 9.12. The largest absolute Gasteiger partial charge is 0.355 e. The number of carbonyl (C=O) groups is 1. The number of hydrogen-bond acceptors (Lipinski definition) is 5. The van der Waals surface area contributed by atoms with Crippen LogP contribution in [-0.4, -0.2) is 70.0 Å². The van der Waals surface area contributed by atoms with E-state index in [9.17, 15) is 13.2 Å². The molecule has 20 heavy (non-hydrogen) atoms. The fraction of sp³-hybridized carbons (Fsp3) is 0.923. The van der Waals surface area contributed by atoms with Crippen LogP contribution in [0.25, 0.3) is 0 Å². The van der Waals surface area contributed by atoms with Crippen molar-refractivity contribution >= 4 is 15.7 Å². The molecule has 118 valence electrons. The molecule has 7 heteroatoms. The van der Waals surface area contributed by atoms with Crippen molar-refractivity contribution < 1.29 is 13.2 Å². The molecule has 0 saturated carbocycles. The second-order valence-corrected chi connectivity index (χ2v) is 7.93. The monoisotopic (exact) mass is 305 g/mol. The van der Waals surface area contributed by atoms with Crippen molar-refractivity contribution in [2.45, 2.75) is 20.3 Å². The zero-order chi connectivity index (χ0) is 15.0. The number of amides is 1. The first kappa shape index (κ1) is 17.4. The molecule has 0 aliphatic carbocycles. The normalized spacial score (nSPS) is 17.4. The third kappa shape index (κ3) is 7.81. The van der Waals surface area contributed by atoms with Crippen molar-refractivity contribution in [3.05, 3.63) is 0 Å². The first-order valence-corrected chi connectivity index (χ1v) is 9.11. The number of sulfone groups is 1. The van der Waals surface area contributed by atoms with Gasteiger partial charge in [0.05, 0.1) is 11.5 Å². The van der Waals surface area contributed by atoms with Crippen LogP contribution < -0.4 is 10.6 Å². The van der Waals surface area contributed by atoms with Gasteiger partial charge in [-0.2, -0.15) is 0 Å². The van der Waals surface area contributed by atoms with Gasteiger partial charge < -0.3 is 10.6 Å². The zero-order valence-corrected chi connectivity index (χ0v) is 13.3. The summed E-state index contributed by atoms with van der Waals surface area (Å²) in [6.07, 6.45) is 0.0661. The molecule has 1 rings (SSSR count). The SMILES string of the molecule is CC(C)CS(=O)(=O)CCC(=O)NCCN1CCNCC1. The lowest BCUT2D eigenvalue weighted by molar-refractivity contribution is -0.120. The van der Waals surface area contributed by atoms with Crippen LogP contribution in [0.3, 0.4) is 0 Å². The average Bonchev–Trinajstić information content (AvgIpc) is 2.36. The Bertz CT molecular complexity index is 390. The van der Waals surface area contributed by atoms with Crippen LogP contribution in [0, 0.1) is 5.92 Å². The number of piperazine rings is 1. The van der Waals surface area contributed by atoms with Crippen LogP contribution in [-0.2, 0) is 14.6 Å². The minimum absolute atomic E-state index is 0.0509. The van der Waals surface area contributed by atoms with Crippen LogP contribution in [0.15, 0.2) is 0 Å². The van der Waals surface area contributed by atoms with Crippen LogP contribution in [0.4, 0.5) is 0 Å². The van der Waals surface area contributed by atoms with E-state index < -0.39 is 9.84 Å². The van der Waals surface area contributed by atoms with Gasteiger partial charge in [-0.05, 0) is 5.92 Å². The van der Waals surface area contributed by atoms with Gasteiger partial charge in [0, 0.05) is 45.7 Å². The Morgan fingerprint density at radius 2 is 1.95 bits per heavy atom.